The van der Waals surface area contributed by atoms with E-state index in [1.54, 1.807) is 13.1 Å². The fourth-order valence-corrected chi connectivity index (χ4v) is 3.76. The molecule has 2 aromatic rings. The summed E-state index contributed by atoms with van der Waals surface area (Å²) in [5.74, 6) is 2.76. The molecule has 1 atom stereocenters. The fourth-order valence-electron chi connectivity index (χ4n) is 3.47. The minimum Gasteiger partial charge on any atom is -0.493 e. The van der Waals surface area contributed by atoms with Crippen molar-refractivity contribution in [1.29, 1.82) is 0 Å². The van der Waals surface area contributed by atoms with Crippen molar-refractivity contribution in [2.24, 2.45) is 11.8 Å². The van der Waals surface area contributed by atoms with Gasteiger partial charge >= 0.3 is 6.09 Å². The van der Waals surface area contributed by atoms with E-state index in [-0.39, 0.29) is 12.4 Å². The molecule has 1 aliphatic rings. The van der Waals surface area contributed by atoms with Gasteiger partial charge < -0.3 is 14.2 Å². The Morgan fingerprint density at radius 1 is 1.34 bits per heavy atom. The van der Waals surface area contributed by atoms with Crippen molar-refractivity contribution in [3.8, 4) is 22.6 Å². The first-order valence-corrected chi connectivity index (χ1v) is 10.3. The van der Waals surface area contributed by atoms with E-state index in [1.807, 2.05) is 18.2 Å². The zero-order valence-electron chi connectivity index (χ0n) is 17.3. The lowest BCUT2D eigenvalue weighted by atomic mass is 9.97. The Bertz CT molecular complexity index is 885. The summed E-state index contributed by atoms with van der Waals surface area (Å²) in [6.07, 6.45) is 2.09. The summed E-state index contributed by atoms with van der Waals surface area (Å²) >= 11 is 6.55. The number of anilines is 1. The predicted molar refractivity (Wildman–Crippen MR) is 114 cm³/mol. The normalized spacial score (nSPS) is 13.2. The fraction of sp³-hybridized carbons (Fsp3) is 0.455. The van der Waals surface area contributed by atoms with Crippen LogP contribution in [0.4, 0.5) is 10.6 Å². The molecule has 1 aliphatic heterocycles. The number of amides is 1. The number of carbonyl (C=O) groups is 1. The van der Waals surface area contributed by atoms with Crippen LogP contribution in [0.5, 0.6) is 11.5 Å². The maximum Gasteiger partial charge on any atom is 0.412 e. The maximum atomic E-state index is 11.7. The number of halogens is 1. The Morgan fingerprint density at radius 2 is 2.14 bits per heavy atom. The number of hydrogen-bond acceptors (Lipinski definition) is 5. The van der Waals surface area contributed by atoms with Gasteiger partial charge in [0.2, 0.25) is 0 Å². The van der Waals surface area contributed by atoms with E-state index in [4.69, 9.17) is 25.8 Å². The first-order chi connectivity index (χ1) is 13.9. The Kier molecular flexibility index (Phi) is 6.85. The van der Waals surface area contributed by atoms with E-state index in [2.05, 4.69) is 31.1 Å². The smallest absolute Gasteiger partial charge is 0.412 e. The number of nitrogens with zero attached hydrogens (tertiary/aromatic N) is 1. The van der Waals surface area contributed by atoms with Crippen LogP contribution in [-0.2, 0) is 11.3 Å². The molecule has 0 bridgehead atoms. The first-order valence-electron chi connectivity index (χ1n) is 9.90. The van der Waals surface area contributed by atoms with Crippen LogP contribution in [-0.4, -0.2) is 24.3 Å². The van der Waals surface area contributed by atoms with Crippen LogP contribution in [0.25, 0.3) is 11.1 Å². The number of benzene rings is 1. The van der Waals surface area contributed by atoms with Crippen molar-refractivity contribution in [3.05, 3.63) is 35.0 Å². The molecule has 1 N–H and O–H groups in total. The quantitative estimate of drug-likeness (QED) is 0.603. The highest BCUT2D eigenvalue weighted by atomic mass is 35.5. The number of ether oxygens (including phenoxy) is 3. The third-order valence-corrected chi connectivity index (χ3v) is 4.99. The first kappa shape index (κ1) is 21.2. The molecule has 7 heteroatoms. The molecular weight excluding hydrogens is 392 g/mol. The van der Waals surface area contributed by atoms with Gasteiger partial charge in [0.1, 0.15) is 18.1 Å². The van der Waals surface area contributed by atoms with E-state index < -0.39 is 6.09 Å². The molecule has 3 rings (SSSR count). The molecule has 6 nitrogen and oxygen atoms in total. The molecule has 0 saturated carbocycles. The zero-order chi connectivity index (χ0) is 21.0. The largest absolute Gasteiger partial charge is 0.493 e. The maximum absolute atomic E-state index is 11.7. The van der Waals surface area contributed by atoms with Crippen molar-refractivity contribution in [2.45, 2.75) is 40.7 Å². The van der Waals surface area contributed by atoms with Gasteiger partial charge in [0.25, 0.3) is 0 Å². The van der Waals surface area contributed by atoms with Crippen LogP contribution >= 0.6 is 11.6 Å². The lowest BCUT2D eigenvalue weighted by Gasteiger charge is -2.23. The van der Waals surface area contributed by atoms with E-state index >= 15 is 0 Å². The Balaban J connectivity index is 1.82. The molecule has 0 radical (unpaired) electrons. The summed E-state index contributed by atoms with van der Waals surface area (Å²) in [5, 5.41) is 2.88. The molecule has 0 saturated heterocycles. The lowest BCUT2D eigenvalue weighted by Crippen LogP contribution is -2.16. The van der Waals surface area contributed by atoms with Crippen LogP contribution in [0.3, 0.4) is 0 Å². The second-order valence-corrected chi connectivity index (χ2v) is 8.04. The molecule has 29 heavy (non-hydrogen) atoms. The molecular formula is C22H27ClN2O4. The lowest BCUT2D eigenvalue weighted by molar-refractivity contribution is 0.168. The molecule has 1 aromatic carbocycles. The van der Waals surface area contributed by atoms with Gasteiger partial charge in [0, 0.05) is 11.1 Å². The molecule has 1 amide bonds. The van der Waals surface area contributed by atoms with Gasteiger partial charge in [-0.2, -0.15) is 0 Å². The number of fused-ring (bicyclic) bond motifs is 3. The molecule has 1 aromatic heterocycles. The van der Waals surface area contributed by atoms with Gasteiger partial charge in [-0.05, 0) is 42.9 Å². The van der Waals surface area contributed by atoms with Crippen molar-refractivity contribution >= 4 is 23.5 Å². The average Bonchev–Trinajstić information content (AvgIpc) is 2.67. The molecule has 0 aliphatic carbocycles. The molecule has 0 unspecified atom stereocenters. The zero-order valence-corrected chi connectivity index (χ0v) is 18.0. The van der Waals surface area contributed by atoms with Crippen LogP contribution in [0.2, 0.25) is 5.02 Å². The van der Waals surface area contributed by atoms with Crippen molar-refractivity contribution < 1.29 is 19.0 Å². The van der Waals surface area contributed by atoms with E-state index in [0.29, 0.717) is 41.4 Å². The summed E-state index contributed by atoms with van der Waals surface area (Å²) in [7, 11) is 0. The second kappa shape index (κ2) is 9.35. The highest BCUT2D eigenvalue weighted by molar-refractivity contribution is 6.36. The van der Waals surface area contributed by atoms with Crippen LogP contribution in [0, 0.1) is 11.8 Å². The summed E-state index contributed by atoms with van der Waals surface area (Å²) in [4.78, 5) is 15.9. The minimum absolute atomic E-state index is 0.239. The molecule has 0 spiro atoms. The van der Waals surface area contributed by atoms with Crippen LogP contribution < -0.4 is 14.8 Å². The summed E-state index contributed by atoms with van der Waals surface area (Å²) in [6, 6.07) is 5.89. The second-order valence-electron chi connectivity index (χ2n) is 7.66. The van der Waals surface area contributed by atoms with Gasteiger partial charge in [0.05, 0.1) is 24.4 Å². The summed E-state index contributed by atoms with van der Waals surface area (Å²) < 4.78 is 16.7. The van der Waals surface area contributed by atoms with Crippen molar-refractivity contribution in [2.75, 3.05) is 18.5 Å². The van der Waals surface area contributed by atoms with Crippen molar-refractivity contribution in [3.63, 3.8) is 0 Å². The number of nitrogens with one attached hydrogen (secondary N) is 1. The Labute approximate surface area is 176 Å². The summed E-state index contributed by atoms with van der Waals surface area (Å²) in [5.41, 5.74) is 2.62. The van der Waals surface area contributed by atoms with E-state index in [1.165, 1.54) is 0 Å². The van der Waals surface area contributed by atoms with Crippen molar-refractivity contribution in [1.82, 2.24) is 4.98 Å². The van der Waals surface area contributed by atoms with Gasteiger partial charge in [-0.3, -0.25) is 5.32 Å². The highest BCUT2D eigenvalue weighted by Crippen LogP contribution is 2.45. The molecule has 2 heterocycles. The molecule has 156 valence electrons. The number of hydrogen-bond donors (Lipinski definition) is 1. The summed E-state index contributed by atoms with van der Waals surface area (Å²) in [6.45, 7) is 9.70. The monoisotopic (exact) mass is 418 g/mol. The Hall–Kier alpha value is -2.47. The van der Waals surface area contributed by atoms with Gasteiger partial charge in [-0.1, -0.05) is 38.4 Å². The minimum atomic E-state index is -0.599. The average molecular weight is 419 g/mol. The standard InChI is InChI=1S/C22H27ClN2O4/c1-5-27-22(26)25-21-20(23)19-17-7-6-16(28-11-14(4)8-13(2)3)9-15(17)12-29-18(19)10-24-21/h6-7,9-10,13-14H,5,8,11-12H2,1-4H3,(H,24,25,26)/t14-/m1/s1. The van der Waals surface area contributed by atoms with Gasteiger partial charge in [0.15, 0.2) is 5.82 Å². The van der Waals surface area contributed by atoms with E-state index in [9.17, 15) is 4.79 Å². The van der Waals surface area contributed by atoms with Crippen LogP contribution in [0.1, 0.15) is 39.7 Å². The van der Waals surface area contributed by atoms with Gasteiger partial charge in [-0.25, -0.2) is 9.78 Å². The third kappa shape index (κ3) is 5.12. The van der Waals surface area contributed by atoms with E-state index in [0.717, 1.165) is 23.3 Å². The highest BCUT2D eigenvalue weighted by Gasteiger charge is 2.24. The number of carbonyl (C=O) groups excluding carboxylic acids is 1. The number of rotatable bonds is 7. The SMILES string of the molecule is CCOC(=O)Nc1ncc2c(c1Cl)-c1ccc(OC[C@H](C)CC(C)C)cc1CO2. The Morgan fingerprint density at radius 3 is 2.86 bits per heavy atom. The third-order valence-electron chi connectivity index (χ3n) is 4.62. The number of aromatic nitrogens is 1. The topological polar surface area (TPSA) is 69.7 Å². The molecule has 0 fully saturated rings. The predicted octanol–water partition coefficient (Wildman–Crippen LogP) is 5.92. The number of pyridine rings is 1. The van der Waals surface area contributed by atoms with Gasteiger partial charge in [-0.15, -0.1) is 0 Å². The van der Waals surface area contributed by atoms with Crippen LogP contribution in [0.15, 0.2) is 24.4 Å².